The molecule has 0 unspecified atom stereocenters. The molecular formula is C12H5BrN2OS. The Hall–Kier alpha value is -1.64. The number of rotatable bonds is 1. The van der Waals surface area contributed by atoms with Crippen LogP contribution in [0.3, 0.4) is 0 Å². The predicted octanol–water partition coefficient (Wildman–Crippen LogP) is 4.19. The van der Waals surface area contributed by atoms with Gasteiger partial charge in [0, 0.05) is 0 Å². The van der Waals surface area contributed by atoms with E-state index in [1.54, 1.807) is 29.5 Å². The number of fused-ring (bicyclic) bond motifs is 1. The van der Waals surface area contributed by atoms with Gasteiger partial charge in [-0.05, 0) is 46.3 Å². The molecule has 3 aromatic rings. The monoisotopic (exact) mass is 304 g/mol. The van der Waals surface area contributed by atoms with Crippen molar-refractivity contribution in [3.63, 3.8) is 0 Å². The number of thiophene rings is 1. The molecule has 0 atom stereocenters. The Balaban J connectivity index is 2.17. The molecular weight excluding hydrogens is 300 g/mol. The predicted molar refractivity (Wildman–Crippen MR) is 69.7 cm³/mol. The van der Waals surface area contributed by atoms with Crippen LogP contribution in [0.2, 0.25) is 0 Å². The first-order valence-electron chi connectivity index (χ1n) is 4.83. The van der Waals surface area contributed by atoms with Crippen LogP contribution < -0.4 is 0 Å². The first-order valence-corrected chi connectivity index (χ1v) is 6.43. The number of halogens is 1. The second kappa shape index (κ2) is 3.99. The van der Waals surface area contributed by atoms with Crippen LogP contribution in [0.5, 0.6) is 0 Å². The van der Waals surface area contributed by atoms with Gasteiger partial charge in [0.2, 0.25) is 5.89 Å². The van der Waals surface area contributed by atoms with Gasteiger partial charge < -0.3 is 4.42 Å². The average Bonchev–Trinajstić information content (AvgIpc) is 2.93. The number of nitriles is 1. The van der Waals surface area contributed by atoms with E-state index in [4.69, 9.17) is 9.68 Å². The Kier molecular flexibility index (Phi) is 2.46. The maximum absolute atomic E-state index is 8.81. The molecule has 2 heterocycles. The van der Waals surface area contributed by atoms with Crippen LogP contribution >= 0.6 is 27.3 Å². The molecule has 0 radical (unpaired) electrons. The van der Waals surface area contributed by atoms with Crippen LogP contribution in [0.15, 0.2) is 38.5 Å². The number of hydrogen-bond donors (Lipinski definition) is 0. The minimum absolute atomic E-state index is 0.588. The van der Waals surface area contributed by atoms with Gasteiger partial charge in [0.25, 0.3) is 0 Å². The van der Waals surface area contributed by atoms with Crippen LogP contribution in [0.25, 0.3) is 21.9 Å². The fraction of sp³-hybridized carbons (Fsp3) is 0. The molecule has 0 amide bonds. The molecule has 17 heavy (non-hydrogen) atoms. The zero-order chi connectivity index (χ0) is 11.8. The van der Waals surface area contributed by atoms with E-state index >= 15 is 0 Å². The number of oxazole rings is 1. The lowest BCUT2D eigenvalue weighted by molar-refractivity contribution is 0.621. The van der Waals surface area contributed by atoms with Crippen molar-refractivity contribution in [2.75, 3.05) is 0 Å². The van der Waals surface area contributed by atoms with Gasteiger partial charge in [-0.1, -0.05) is 0 Å². The van der Waals surface area contributed by atoms with E-state index in [1.807, 2.05) is 12.1 Å². The van der Waals surface area contributed by atoms with Gasteiger partial charge in [-0.15, -0.1) is 11.3 Å². The normalized spacial score (nSPS) is 10.6. The van der Waals surface area contributed by atoms with E-state index in [1.165, 1.54) is 0 Å². The fourth-order valence-electron chi connectivity index (χ4n) is 1.53. The summed E-state index contributed by atoms with van der Waals surface area (Å²) in [5.74, 6) is 0.589. The summed E-state index contributed by atoms with van der Waals surface area (Å²) >= 11 is 4.96. The maximum Gasteiger partial charge on any atom is 0.237 e. The Morgan fingerprint density at radius 3 is 2.88 bits per heavy atom. The minimum atomic E-state index is 0.588. The minimum Gasteiger partial charge on any atom is -0.435 e. The fourth-order valence-corrected chi connectivity index (χ4v) is 2.84. The van der Waals surface area contributed by atoms with E-state index in [9.17, 15) is 0 Å². The summed E-state index contributed by atoms with van der Waals surface area (Å²) in [6.45, 7) is 0. The van der Waals surface area contributed by atoms with Gasteiger partial charge in [0.1, 0.15) is 5.52 Å². The van der Waals surface area contributed by atoms with Crippen LogP contribution in [-0.4, -0.2) is 4.98 Å². The second-order valence-electron chi connectivity index (χ2n) is 3.42. The largest absolute Gasteiger partial charge is 0.435 e. The molecule has 5 heteroatoms. The lowest BCUT2D eigenvalue weighted by Crippen LogP contribution is -1.73. The molecule has 2 aromatic heterocycles. The van der Waals surface area contributed by atoms with Gasteiger partial charge in [0.15, 0.2) is 5.58 Å². The molecule has 3 nitrogen and oxygen atoms in total. The zero-order valence-electron chi connectivity index (χ0n) is 8.48. The highest BCUT2D eigenvalue weighted by molar-refractivity contribution is 9.11. The average molecular weight is 305 g/mol. The Labute approximate surface area is 109 Å². The van der Waals surface area contributed by atoms with E-state index < -0.39 is 0 Å². The first-order chi connectivity index (χ1) is 8.26. The van der Waals surface area contributed by atoms with Gasteiger partial charge >= 0.3 is 0 Å². The summed E-state index contributed by atoms with van der Waals surface area (Å²) in [6.07, 6.45) is 0. The molecule has 0 aliphatic rings. The summed E-state index contributed by atoms with van der Waals surface area (Å²) < 4.78 is 6.67. The first kappa shape index (κ1) is 10.5. The molecule has 0 N–H and O–H groups in total. The SMILES string of the molecule is N#Cc1ccc2oc(-c3ccc(Br)s3)nc2c1. The van der Waals surface area contributed by atoms with Crippen molar-refractivity contribution in [3.05, 3.63) is 39.7 Å². The number of benzene rings is 1. The van der Waals surface area contributed by atoms with Crippen molar-refractivity contribution in [3.8, 4) is 16.8 Å². The van der Waals surface area contributed by atoms with Gasteiger partial charge in [0.05, 0.1) is 20.3 Å². The Morgan fingerprint density at radius 2 is 2.18 bits per heavy atom. The number of aromatic nitrogens is 1. The molecule has 1 aromatic carbocycles. The van der Waals surface area contributed by atoms with E-state index in [2.05, 4.69) is 27.0 Å². The quantitative estimate of drug-likeness (QED) is 0.677. The summed E-state index contributed by atoms with van der Waals surface area (Å²) in [4.78, 5) is 5.34. The lowest BCUT2D eigenvalue weighted by Gasteiger charge is -1.85. The number of nitrogens with zero attached hydrogens (tertiary/aromatic N) is 2. The molecule has 3 rings (SSSR count). The highest BCUT2D eigenvalue weighted by Gasteiger charge is 2.10. The zero-order valence-corrected chi connectivity index (χ0v) is 10.9. The molecule has 0 spiro atoms. The Morgan fingerprint density at radius 1 is 1.29 bits per heavy atom. The molecule has 0 saturated carbocycles. The third-order valence-corrected chi connectivity index (χ3v) is 3.91. The highest BCUT2D eigenvalue weighted by Crippen LogP contribution is 2.32. The molecule has 0 bridgehead atoms. The molecule has 82 valence electrons. The van der Waals surface area contributed by atoms with Gasteiger partial charge in [-0.2, -0.15) is 5.26 Å². The topological polar surface area (TPSA) is 49.8 Å². The van der Waals surface area contributed by atoms with Crippen molar-refractivity contribution in [1.82, 2.24) is 4.98 Å². The van der Waals surface area contributed by atoms with Crippen molar-refractivity contribution < 1.29 is 4.42 Å². The highest BCUT2D eigenvalue weighted by atomic mass is 79.9. The van der Waals surface area contributed by atoms with Crippen LogP contribution in [0.4, 0.5) is 0 Å². The van der Waals surface area contributed by atoms with Crippen LogP contribution in [-0.2, 0) is 0 Å². The second-order valence-corrected chi connectivity index (χ2v) is 5.88. The van der Waals surface area contributed by atoms with Crippen LogP contribution in [0, 0.1) is 11.3 Å². The molecule has 0 saturated heterocycles. The van der Waals surface area contributed by atoms with Crippen molar-refractivity contribution in [2.24, 2.45) is 0 Å². The smallest absolute Gasteiger partial charge is 0.237 e. The Bertz CT molecular complexity index is 738. The molecule has 0 aliphatic carbocycles. The van der Waals surface area contributed by atoms with Gasteiger partial charge in [-0.3, -0.25) is 0 Å². The number of hydrogen-bond acceptors (Lipinski definition) is 4. The third kappa shape index (κ3) is 1.86. The van der Waals surface area contributed by atoms with E-state index in [0.29, 0.717) is 22.6 Å². The van der Waals surface area contributed by atoms with Crippen molar-refractivity contribution >= 4 is 38.4 Å². The summed E-state index contributed by atoms with van der Waals surface area (Å²) in [6, 6.07) is 11.2. The molecule has 0 aliphatic heterocycles. The molecule has 0 fully saturated rings. The van der Waals surface area contributed by atoms with Crippen molar-refractivity contribution in [1.29, 1.82) is 5.26 Å². The van der Waals surface area contributed by atoms with Crippen LogP contribution in [0.1, 0.15) is 5.56 Å². The summed E-state index contributed by atoms with van der Waals surface area (Å²) in [5, 5.41) is 8.81. The van der Waals surface area contributed by atoms with E-state index in [-0.39, 0.29) is 0 Å². The van der Waals surface area contributed by atoms with Gasteiger partial charge in [-0.25, -0.2) is 4.98 Å². The lowest BCUT2D eigenvalue weighted by atomic mass is 10.2. The standard InChI is InChI=1S/C12H5BrN2OS/c13-11-4-3-10(17-11)12-15-8-5-7(6-14)1-2-9(8)16-12/h1-5H. The summed E-state index contributed by atoms with van der Waals surface area (Å²) in [5.41, 5.74) is 2.00. The van der Waals surface area contributed by atoms with E-state index in [0.717, 1.165) is 8.66 Å². The summed E-state index contributed by atoms with van der Waals surface area (Å²) in [7, 11) is 0. The third-order valence-electron chi connectivity index (χ3n) is 2.30. The maximum atomic E-state index is 8.81. The van der Waals surface area contributed by atoms with Crippen molar-refractivity contribution in [2.45, 2.75) is 0 Å².